The molecule has 1 aromatic carbocycles. The predicted octanol–water partition coefficient (Wildman–Crippen LogP) is 3.49. The van der Waals surface area contributed by atoms with Gasteiger partial charge in [0.1, 0.15) is 0 Å². The summed E-state index contributed by atoms with van der Waals surface area (Å²) in [5.41, 5.74) is 1.44. The zero-order chi connectivity index (χ0) is 17.0. The van der Waals surface area contributed by atoms with Crippen LogP contribution < -0.4 is 0 Å². The van der Waals surface area contributed by atoms with Gasteiger partial charge >= 0.3 is 11.9 Å². The molecule has 4 heteroatoms. The van der Waals surface area contributed by atoms with E-state index in [-0.39, 0.29) is 0 Å². The Labute approximate surface area is 135 Å². The molecule has 0 saturated heterocycles. The molecule has 0 spiro atoms. The van der Waals surface area contributed by atoms with Crippen LogP contribution in [0.3, 0.4) is 0 Å². The van der Waals surface area contributed by atoms with E-state index in [1.165, 1.54) is 0 Å². The fourth-order valence-electron chi connectivity index (χ4n) is 3.47. The van der Waals surface area contributed by atoms with Crippen molar-refractivity contribution in [2.45, 2.75) is 12.8 Å². The maximum Gasteiger partial charge on any atom is 0.307 e. The molecule has 2 rings (SSSR count). The van der Waals surface area contributed by atoms with Crippen LogP contribution in [0.25, 0.3) is 0 Å². The summed E-state index contributed by atoms with van der Waals surface area (Å²) in [6.07, 6.45) is 6.79. The molecule has 0 unspecified atom stereocenters. The van der Waals surface area contributed by atoms with Crippen molar-refractivity contribution in [3.8, 4) is 0 Å². The van der Waals surface area contributed by atoms with Gasteiger partial charge in [0, 0.05) is 11.8 Å². The summed E-state index contributed by atoms with van der Waals surface area (Å²) in [6, 6.07) is 9.01. The second-order valence-electron chi connectivity index (χ2n) is 5.59. The fraction of sp³-hybridized carbons (Fsp3) is 0.263. The van der Waals surface area contributed by atoms with Crippen molar-refractivity contribution < 1.29 is 19.8 Å². The molecule has 1 fully saturated rings. The predicted molar refractivity (Wildman–Crippen MR) is 88.0 cm³/mol. The number of hydrogen-bond acceptors (Lipinski definition) is 2. The SMILES string of the molecule is C=C/C=C(\C=C/C)[C@H]1[C@H](C(=O)O)[C@H](c2ccccc2)[C@H]1C(=O)O. The molecule has 23 heavy (non-hydrogen) atoms. The highest BCUT2D eigenvalue weighted by atomic mass is 16.4. The molecule has 4 nitrogen and oxygen atoms in total. The Kier molecular flexibility index (Phi) is 5.16. The number of carboxylic acids is 2. The van der Waals surface area contributed by atoms with Gasteiger partial charge in [0.2, 0.25) is 0 Å². The molecule has 1 saturated carbocycles. The second kappa shape index (κ2) is 7.09. The topological polar surface area (TPSA) is 74.6 Å². The molecule has 0 heterocycles. The third-order valence-corrected chi connectivity index (χ3v) is 4.36. The second-order valence-corrected chi connectivity index (χ2v) is 5.59. The summed E-state index contributed by atoms with van der Waals surface area (Å²) in [7, 11) is 0. The molecular weight excluding hydrogens is 292 g/mol. The van der Waals surface area contributed by atoms with Crippen LogP contribution in [0.4, 0.5) is 0 Å². The standard InChI is InChI=1S/C19H20O4/c1-3-8-12(9-4-2)14-16(18(20)21)15(17(14)19(22)23)13-10-6-5-7-11-13/h3-11,14-17H,1H2,2H3,(H,20,21)(H,22,23)/b9-4-,12-8+/t14-,15-,16-,17-/m0/s1. The molecule has 0 aliphatic heterocycles. The number of carboxylic acid groups (broad SMARTS) is 2. The quantitative estimate of drug-likeness (QED) is 0.789. The van der Waals surface area contributed by atoms with Crippen molar-refractivity contribution in [2.24, 2.45) is 17.8 Å². The molecule has 1 aliphatic rings. The Morgan fingerprint density at radius 3 is 2.04 bits per heavy atom. The minimum absolute atomic E-state index is 0.533. The van der Waals surface area contributed by atoms with Gasteiger partial charge in [-0.05, 0) is 18.1 Å². The Morgan fingerprint density at radius 2 is 1.61 bits per heavy atom. The van der Waals surface area contributed by atoms with Gasteiger partial charge in [-0.15, -0.1) is 0 Å². The van der Waals surface area contributed by atoms with Gasteiger partial charge in [-0.2, -0.15) is 0 Å². The lowest BCUT2D eigenvalue weighted by molar-refractivity contribution is -0.162. The number of hydrogen-bond donors (Lipinski definition) is 2. The molecule has 0 aromatic heterocycles. The molecular formula is C19H20O4. The van der Waals surface area contributed by atoms with Gasteiger partial charge in [0.05, 0.1) is 11.8 Å². The zero-order valence-electron chi connectivity index (χ0n) is 12.9. The van der Waals surface area contributed by atoms with E-state index in [0.717, 1.165) is 5.56 Å². The van der Waals surface area contributed by atoms with Gasteiger partial charge in [0.15, 0.2) is 0 Å². The Hall–Kier alpha value is -2.62. The van der Waals surface area contributed by atoms with Gasteiger partial charge in [-0.1, -0.05) is 61.2 Å². The van der Waals surface area contributed by atoms with E-state index in [2.05, 4.69) is 6.58 Å². The normalized spacial score (nSPS) is 27.4. The van der Waals surface area contributed by atoms with Crippen LogP contribution in [0.5, 0.6) is 0 Å². The Morgan fingerprint density at radius 1 is 1.04 bits per heavy atom. The van der Waals surface area contributed by atoms with Crippen LogP contribution in [0.2, 0.25) is 0 Å². The number of rotatable bonds is 6. The van der Waals surface area contributed by atoms with Crippen molar-refractivity contribution in [1.82, 2.24) is 0 Å². The van der Waals surface area contributed by atoms with Crippen molar-refractivity contribution >= 4 is 11.9 Å². The fourth-order valence-corrected chi connectivity index (χ4v) is 3.47. The summed E-state index contributed by atoms with van der Waals surface area (Å²) < 4.78 is 0. The molecule has 1 aromatic rings. The van der Waals surface area contributed by atoms with E-state index in [0.29, 0.717) is 5.57 Å². The molecule has 2 N–H and O–H groups in total. The van der Waals surface area contributed by atoms with E-state index in [1.807, 2.05) is 13.0 Å². The van der Waals surface area contributed by atoms with Crippen molar-refractivity contribution in [2.75, 3.05) is 0 Å². The lowest BCUT2D eigenvalue weighted by Gasteiger charge is -2.48. The smallest absolute Gasteiger partial charge is 0.307 e. The van der Waals surface area contributed by atoms with Crippen LogP contribution >= 0.6 is 0 Å². The highest BCUT2D eigenvalue weighted by Crippen LogP contribution is 2.55. The first-order valence-electron chi connectivity index (χ1n) is 7.48. The van der Waals surface area contributed by atoms with E-state index in [4.69, 9.17) is 0 Å². The number of benzene rings is 1. The van der Waals surface area contributed by atoms with Crippen LogP contribution in [0, 0.1) is 17.8 Å². The highest BCUT2D eigenvalue weighted by molar-refractivity contribution is 5.83. The average Bonchev–Trinajstić information content (AvgIpc) is 2.47. The molecule has 1 aliphatic carbocycles. The van der Waals surface area contributed by atoms with Crippen LogP contribution in [-0.2, 0) is 9.59 Å². The van der Waals surface area contributed by atoms with Gasteiger partial charge in [0.25, 0.3) is 0 Å². The van der Waals surface area contributed by atoms with Gasteiger partial charge in [-0.25, -0.2) is 0 Å². The number of aliphatic carboxylic acids is 2. The van der Waals surface area contributed by atoms with Gasteiger partial charge < -0.3 is 10.2 Å². The third-order valence-electron chi connectivity index (χ3n) is 4.36. The largest absolute Gasteiger partial charge is 0.481 e. The minimum atomic E-state index is -0.971. The highest BCUT2D eigenvalue weighted by Gasteiger charge is 2.58. The number of allylic oxidation sites excluding steroid dienone is 5. The maximum atomic E-state index is 11.8. The Bertz CT molecular complexity index is 635. The first-order chi connectivity index (χ1) is 11.0. The third kappa shape index (κ3) is 3.11. The summed E-state index contributed by atoms with van der Waals surface area (Å²) in [5.74, 6) is -4.57. The van der Waals surface area contributed by atoms with Crippen LogP contribution in [0.15, 0.2) is 66.8 Å². The molecule has 0 bridgehead atoms. The maximum absolute atomic E-state index is 11.8. The summed E-state index contributed by atoms with van der Waals surface area (Å²) in [5, 5.41) is 19.3. The number of carbonyl (C=O) groups is 2. The minimum Gasteiger partial charge on any atom is -0.481 e. The van der Waals surface area contributed by atoms with Gasteiger partial charge in [-0.3, -0.25) is 9.59 Å². The molecule has 0 amide bonds. The molecule has 2 atom stereocenters. The van der Waals surface area contributed by atoms with E-state index in [9.17, 15) is 19.8 Å². The first kappa shape index (κ1) is 16.7. The lowest BCUT2D eigenvalue weighted by Crippen LogP contribution is -2.53. The zero-order valence-corrected chi connectivity index (χ0v) is 12.9. The van der Waals surface area contributed by atoms with Crippen molar-refractivity contribution in [3.63, 3.8) is 0 Å². The Balaban J connectivity index is 2.50. The lowest BCUT2D eigenvalue weighted by atomic mass is 9.52. The summed E-state index contributed by atoms with van der Waals surface area (Å²) in [6.45, 7) is 5.45. The van der Waals surface area contributed by atoms with Crippen molar-refractivity contribution in [3.05, 3.63) is 72.4 Å². The molecule has 0 radical (unpaired) electrons. The van der Waals surface area contributed by atoms with E-state index in [1.54, 1.807) is 48.6 Å². The summed E-state index contributed by atoms with van der Waals surface area (Å²) >= 11 is 0. The van der Waals surface area contributed by atoms with E-state index >= 15 is 0 Å². The van der Waals surface area contributed by atoms with Crippen LogP contribution in [0.1, 0.15) is 18.4 Å². The van der Waals surface area contributed by atoms with Crippen molar-refractivity contribution in [1.29, 1.82) is 0 Å². The first-order valence-corrected chi connectivity index (χ1v) is 7.48. The molecule has 120 valence electrons. The summed E-state index contributed by atoms with van der Waals surface area (Å²) in [4.78, 5) is 23.6. The average molecular weight is 312 g/mol. The monoisotopic (exact) mass is 312 g/mol. The van der Waals surface area contributed by atoms with E-state index < -0.39 is 35.6 Å². The van der Waals surface area contributed by atoms with Crippen LogP contribution in [-0.4, -0.2) is 22.2 Å².